The standard InChI is InChI=1S/C43H50N4/c1-39(2,3)31-18-13-27(14-19-31)36-45-37(28-15-20-32(21-16-28)40(4,5)6)47-38(46-36)30-23-24-44-35(26-30)29-17-22-33-34(25-29)42(9,10)43(11,12)41(33,7)8/h13-26H,1-12H3. The van der Waals surface area contributed by atoms with Crippen molar-refractivity contribution in [2.45, 2.75) is 105 Å². The summed E-state index contributed by atoms with van der Waals surface area (Å²) in [6.45, 7) is 27.7. The van der Waals surface area contributed by atoms with Crippen LogP contribution in [0.15, 0.2) is 85.1 Å². The third kappa shape index (κ3) is 5.60. The topological polar surface area (TPSA) is 51.6 Å². The molecule has 4 heteroatoms. The maximum absolute atomic E-state index is 5.05. The summed E-state index contributed by atoms with van der Waals surface area (Å²) < 4.78 is 0. The van der Waals surface area contributed by atoms with Crippen LogP contribution in [-0.4, -0.2) is 19.9 Å². The molecule has 4 nitrogen and oxygen atoms in total. The van der Waals surface area contributed by atoms with Gasteiger partial charge in [0.25, 0.3) is 0 Å². The first-order valence-corrected chi connectivity index (χ1v) is 16.9. The van der Waals surface area contributed by atoms with E-state index >= 15 is 0 Å². The molecular weight excluding hydrogens is 573 g/mol. The Labute approximate surface area is 282 Å². The summed E-state index contributed by atoms with van der Waals surface area (Å²) >= 11 is 0. The Morgan fingerprint density at radius 2 is 0.872 bits per heavy atom. The number of fused-ring (bicyclic) bond motifs is 1. The van der Waals surface area contributed by atoms with Crippen LogP contribution < -0.4 is 0 Å². The van der Waals surface area contributed by atoms with E-state index in [0.717, 1.165) is 27.9 Å². The Morgan fingerprint density at radius 3 is 1.34 bits per heavy atom. The summed E-state index contributed by atoms with van der Waals surface area (Å²) in [5.74, 6) is 1.96. The number of pyridine rings is 1. The quantitative estimate of drug-likeness (QED) is 0.200. The van der Waals surface area contributed by atoms with Gasteiger partial charge in [-0.15, -0.1) is 0 Å². The average molecular weight is 623 g/mol. The Bertz CT molecular complexity index is 1870. The molecule has 0 unspecified atom stereocenters. The molecule has 0 saturated carbocycles. The Balaban J connectivity index is 1.46. The zero-order valence-electron chi connectivity index (χ0n) is 30.4. The van der Waals surface area contributed by atoms with Gasteiger partial charge < -0.3 is 0 Å². The monoisotopic (exact) mass is 622 g/mol. The van der Waals surface area contributed by atoms with Gasteiger partial charge in [0, 0.05) is 28.5 Å². The highest BCUT2D eigenvalue weighted by molar-refractivity contribution is 5.72. The largest absolute Gasteiger partial charge is 0.256 e. The van der Waals surface area contributed by atoms with Crippen LogP contribution in [0.3, 0.4) is 0 Å². The zero-order valence-corrected chi connectivity index (χ0v) is 30.4. The van der Waals surface area contributed by atoms with Crippen molar-refractivity contribution >= 4 is 0 Å². The van der Waals surface area contributed by atoms with Crippen LogP contribution in [0, 0.1) is 5.41 Å². The van der Waals surface area contributed by atoms with E-state index in [4.69, 9.17) is 19.9 Å². The second-order valence-electron chi connectivity index (χ2n) is 17.0. The average Bonchev–Trinajstić information content (AvgIpc) is 3.13. The van der Waals surface area contributed by atoms with Gasteiger partial charge in [0.05, 0.1) is 5.69 Å². The third-order valence-electron chi connectivity index (χ3n) is 11.5. The summed E-state index contributed by atoms with van der Waals surface area (Å²) in [5, 5.41) is 0. The van der Waals surface area contributed by atoms with Crippen LogP contribution in [0.4, 0.5) is 0 Å². The zero-order chi connectivity index (χ0) is 34.2. The molecule has 6 rings (SSSR count). The van der Waals surface area contributed by atoms with E-state index in [-0.39, 0.29) is 27.1 Å². The minimum atomic E-state index is 0.0164. The van der Waals surface area contributed by atoms with Gasteiger partial charge in [-0.2, -0.15) is 0 Å². The van der Waals surface area contributed by atoms with Gasteiger partial charge in [0.15, 0.2) is 17.5 Å². The molecule has 0 aliphatic heterocycles. The van der Waals surface area contributed by atoms with E-state index in [1.807, 2.05) is 12.3 Å². The van der Waals surface area contributed by atoms with Crippen molar-refractivity contribution < 1.29 is 0 Å². The Kier molecular flexibility index (Phi) is 7.62. The van der Waals surface area contributed by atoms with Gasteiger partial charge >= 0.3 is 0 Å². The first-order valence-electron chi connectivity index (χ1n) is 16.9. The highest BCUT2D eigenvalue weighted by Crippen LogP contribution is 2.61. The molecule has 5 aromatic rings. The van der Waals surface area contributed by atoms with E-state index in [1.54, 1.807) is 0 Å². The van der Waals surface area contributed by atoms with Crippen LogP contribution in [0.2, 0.25) is 0 Å². The van der Waals surface area contributed by atoms with Gasteiger partial charge in [-0.25, -0.2) is 15.0 Å². The van der Waals surface area contributed by atoms with E-state index < -0.39 is 0 Å². The molecule has 0 N–H and O–H groups in total. The van der Waals surface area contributed by atoms with E-state index in [0.29, 0.717) is 17.5 Å². The first kappa shape index (κ1) is 32.7. The van der Waals surface area contributed by atoms with Gasteiger partial charge in [-0.1, -0.05) is 144 Å². The summed E-state index contributed by atoms with van der Waals surface area (Å²) in [7, 11) is 0. The van der Waals surface area contributed by atoms with Crippen molar-refractivity contribution in [1.29, 1.82) is 0 Å². The van der Waals surface area contributed by atoms with Crippen LogP contribution in [0.1, 0.15) is 105 Å². The maximum atomic E-state index is 5.05. The molecule has 0 fully saturated rings. The molecule has 0 amide bonds. The van der Waals surface area contributed by atoms with Crippen LogP contribution in [0.25, 0.3) is 45.4 Å². The Hall–Kier alpha value is -4.18. The van der Waals surface area contributed by atoms with E-state index in [2.05, 4.69) is 156 Å². The summed E-state index contributed by atoms with van der Waals surface area (Å²) in [6, 6.07) is 28.2. The van der Waals surface area contributed by atoms with Crippen LogP contribution in [-0.2, 0) is 21.7 Å². The smallest absolute Gasteiger partial charge is 0.164 e. The second kappa shape index (κ2) is 10.9. The number of benzene rings is 3. The van der Waals surface area contributed by atoms with E-state index in [1.165, 1.54) is 22.3 Å². The SMILES string of the molecule is CC(C)(C)c1ccc(-c2nc(-c3ccc(C(C)(C)C)cc3)nc(-c3ccnc(-c4ccc5c(c4)C(C)(C)C(C)(C)C5(C)C)c3)n2)cc1. The predicted molar refractivity (Wildman–Crippen MR) is 197 cm³/mol. The molecule has 3 aromatic carbocycles. The molecule has 2 aromatic heterocycles. The van der Waals surface area contributed by atoms with Gasteiger partial charge in [-0.3, -0.25) is 4.98 Å². The van der Waals surface area contributed by atoms with Crippen molar-refractivity contribution in [1.82, 2.24) is 19.9 Å². The molecule has 1 aliphatic carbocycles. The lowest BCUT2D eigenvalue weighted by Gasteiger charge is -2.44. The fourth-order valence-corrected chi connectivity index (χ4v) is 6.95. The van der Waals surface area contributed by atoms with Gasteiger partial charge in [0.2, 0.25) is 0 Å². The van der Waals surface area contributed by atoms with Crippen molar-refractivity contribution in [3.8, 4) is 45.4 Å². The minimum absolute atomic E-state index is 0.0164. The third-order valence-corrected chi connectivity index (χ3v) is 11.5. The second-order valence-corrected chi connectivity index (χ2v) is 17.0. The summed E-state index contributed by atoms with van der Waals surface area (Å²) in [4.78, 5) is 19.9. The number of hydrogen-bond acceptors (Lipinski definition) is 4. The normalized spacial score (nSPS) is 16.6. The number of hydrogen-bond donors (Lipinski definition) is 0. The molecule has 242 valence electrons. The molecule has 47 heavy (non-hydrogen) atoms. The molecule has 0 saturated heterocycles. The van der Waals surface area contributed by atoms with Gasteiger partial charge in [-0.05, 0) is 67.5 Å². The predicted octanol–water partition coefficient (Wildman–Crippen LogP) is 11.1. The fourth-order valence-electron chi connectivity index (χ4n) is 6.95. The van der Waals surface area contributed by atoms with Crippen LogP contribution >= 0.6 is 0 Å². The molecule has 0 bridgehead atoms. The van der Waals surface area contributed by atoms with Crippen LogP contribution in [0.5, 0.6) is 0 Å². The molecule has 0 atom stereocenters. The highest BCUT2D eigenvalue weighted by Gasteiger charge is 2.56. The number of rotatable bonds is 4. The summed E-state index contributed by atoms with van der Waals surface area (Å²) in [5.41, 5.74) is 10.6. The van der Waals surface area contributed by atoms with Crippen molar-refractivity contribution in [2.75, 3.05) is 0 Å². The molecule has 0 spiro atoms. The lowest BCUT2D eigenvalue weighted by atomic mass is 9.59. The van der Waals surface area contributed by atoms with Crippen molar-refractivity contribution in [2.24, 2.45) is 5.41 Å². The lowest BCUT2D eigenvalue weighted by molar-refractivity contribution is 0.125. The lowest BCUT2D eigenvalue weighted by Crippen LogP contribution is -2.42. The molecular formula is C43H50N4. The minimum Gasteiger partial charge on any atom is -0.256 e. The molecule has 1 aliphatic rings. The summed E-state index contributed by atoms with van der Waals surface area (Å²) in [6.07, 6.45) is 1.87. The Morgan fingerprint density at radius 1 is 0.447 bits per heavy atom. The first-order chi connectivity index (χ1) is 21.8. The number of aromatic nitrogens is 4. The van der Waals surface area contributed by atoms with E-state index in [9.17, 15) is 0 Å². The maximum Gasteiger partial charge on any atom is 0.164 e. The fraction of sp³-hybridized carbons (Fsp3) is 0.395. The molecule has 2 heterocycles. The van der Waals surface area contributed by atoms with Gasteiger partial charge in [0.1, 0.15) is 0 Å². The van der Waals surface area contributed by atoms with Crippen molar-refractivity contribution in [3.63, 3.8) is 0 Å². The van der Waals surface area contributed by atoms with Crippen molar-refractivity contribution in [3.05, 3.63) is 107 Å². The highest BCUT2D eigenvalue weighted by atomic mass is 15.0. The number of nitrogens with zero attached hydrogens (tertiary/aromatic N) is 4. The molecule has 0 radical (unpaired) electrons.